The molecule has 23 heavy (non-hydrogen) atoms. The van der Waals surface area contributed by atoms with Crippen molar-refractivity contribution in [3.63, 3.8) is 0 Å². The van der Waals surface area contributed by atoms with Gasteiger partial charge in [0.05, 0.1) is 12.7 Å². The highest BCUT2D eigenvalue weighted by molar-refractivity contribution is 5.91. The van der Waals surface area contributed by atoms with Crippen molar-refractivity contribution in [2.24, 2.45) is 0 Å². The van der Waals surface area contributed by atoms with Gasteiger partial charge in [0, 0.05) is 0 Å². The molecule has 1 aliphatic heterocycles. The molecule has 1 aliphatic rings. The van der Waals surface area contributed by atoms with E-state index in [9.17, 15) is 9.59 Å². The zero-order chi connectivity index (χ0) is 17.3. The van der Waals surface area contributed by atoms with E-state index in [4.69, 9.17) is 4.74 Å². The minimum absolute atomic E-state index is 0.228. The molecular formula is C18H27NO4. The van der Waals surface area contributed by atoms with Crippen molar-refractivity contribution < 1.29 is 19.1 Å². The molecule has 1 heterocycles. The molecule has 0 amide bonds. The van der Waals surface area contributed by atoms with Crippen LogP contribution in [0.15, 0.2) is 24.3 Å². The molecule has 0 saturated carbocycles. The van der Waals surface area contributed by atoms with Crippen LogP contribution in [0.3, 0.4) is 0 Å². The second-order valence-corrected chi connectivity index (χ2v) is 6.43. The van der Waals surface area contributed by atoms with Gasteiger partial charge in [-0.15, -0.1) is 0 Å². The zero-order valence-corrected chi connectivity index (χ0v) is 14.4. The quantitative estimate of drug-likeness (QED) is 0.685. The molecule has 0 unspecified atom stereocenters. The SMILES string of the molecule is CC(C)(C)OC=O.COC(=O)c1ccccc1C1CCNCC1. The van der Waals surface area contributed by atoms with Crippen LogP contribution in [0.4, 0.5) is 0 Å². The van der Waals surface area contributed by atoms with E-state index in [0.717, 1.165) is 37.1 Å². The molecule has 0 spiro atoms. The van der Waals surface area contributed by atoms with E-state index in [2.05, 4.69) is 10.1 Å². The Balaban J connectivity index is 0.000000322. The topological polar surface area (TPSA) is 64.6 Å². The van der Waals surface area contributed by atoms with Crippen LogP contribution in [-0.4, -0.2) is 38.2 Å². The number of rotatable bonds is 3. The zero-order valence-electron chi connectivity index (χ0n) is 14.4. The summed E-state index contributed by atoms with van der Waals surface area (Å²) in [4.78, 5) is 21.2. The number of hydrogen-bond donors (Lipinski definition) is 1. The lowest BCUT2D eigenvalue weighted by molar-refractivity contribution is -0.138. The fourth-order valence-corrected chi connectivity index (χ4v) is 2.43. The maximum Gasteiger partial charge on any atom is 0.338 e. The van der Waals surface area contributed by atoms with Crippen LogP contribution in [-0.2, 0) is 14.3 Å². The Kier molecular flexibility index (Phi) is 7.75. The van der Waals surface area contributed by atoms with E-state index in [1.165, 1.54) is 7.11 Å². The van der Waals surface area contributed by atoms with E-state index in [-0.39, 0.29) is 11.6 Å². The Morgan fingerprint density at radius 1 is 1.22 bits per heavy atom. The van der Waals surface area contributed by atoms with Gasteiger partial charge in [-0.2, -0.15) is 0 Å². The van der Waals surface area contributed by atoms with Crippen molar-refractivity contribution in [1.29, 1.82) is 0 Å². The summed E-state index contributed by atoms with van der Waals surface area (Å²) >= 11 is 0. The summed E-state index contributed by atoms with van der Waals surface area (Å²) in [7, 11) is 1.43. The normalized spacial score (nSPS) is 15.1. The molecule has 0 aliphatic carbocycles. The third-order valence-electron chi connectivity index (χ3n) is 3.55. The highest BCUT2D eigenvalue weighted by Gasteiger charge is 2.20. The van der Waals surface area contributed by atoms with Gasteiger partial charge in [-0.05, 0) is 64.3 Å². The minimum Gasteiger partial charge on any atom is -0.465 e. The first kappa shape index (κ1) is 19.2. The molecule has 1 fully saturated rings. The third kappa shape index (κ3) is 6.82. The Labute approximate surface area is 138 Å². The second kappa shape index (κ2) is 9.30. The molecule has 1 aromatic carbocycles. The second-order valence-electron chi connectivity index (χ2n) is 6.43. The monoisotopic (exact) mass is 321 g/mol. The number of piperidine rings is 1. The van der Waals surface area contributed by atoms with Gasteiger partial charge in [-0.3, -0.25) is 4.79 Å². The van der Waals surface area contributed by atoms with Crippen LogP contribution in [0.2, 0.25) is 0 Å². The molecule has 0 aromatic heterocycles. The van der Waals surface area contributed by atoms with E-state index in [0.29, 0.717) is 12.4 Å². The van der Waals surface area contributed by atoms with Crippen LogP contribution in [0.25, 0.3) is 0 Å². The molecule has 0 radical (unpaired) electrons. The number of ether oxygens (including phenoxy) is 2. The maximum absolute atomic E-state index is 11.6. The van der Waals surface area contributed by atoms with Gasteiger partial charge in [0.15, 0.2) is 0 Å². The van der Waals surface area contributed by atoms with Gasteiger partial charge in [0.25, 0.3) is 6.47 Å². The van der Waals surface area contributed by atoms with Gasteiger partial charge in [0.1, 0.15) is 5.60 Å². The molecule has 128 valence electrons. The summed E-state index contributed by atoms with van der Waals surface area (Å²) < 4.78 is 9.36. The van der Waals surface area contributed by atoms with Gasteiger partial charge >= 0.3 is 5.97 Å². The fraction of sp³-hybridized carbons (Fsp3) is 0.556. The highest BCUT2D eigenvalue weighted by Crippen LogP contribution is 2.28. The Bertz CT molecular complexity index is 502. The van der Waals surface area contributed by atoms with Crippen LogP contribution < -0.4 is 5.32 Å². The fourth-order valence-electron chi connectivity index (χ4n) is 2.43. The molecule has 1 N–H and O–H groups in total. The number of carbonyl (C=O) groups is 2. The van der Waals surface area contributed by atoms with E-state index in [1.54, 1.807) is 0 Å². The molecule has 5 heteroatoms. The number of nitrogens with one attached hydrogen (secondary N) is 1. The Morgan fingerprint density at radius 3 is 2.30 bits per heavy atom. The van der Waals surface area contributed by atoms with Crippen molar-refractivity contribution in [1.82, 2.24) is 5.32 Å². The van der Waals surface area contributed by atoms with E-state index >= 15 is 0 Å². The van der Waals surface area contributed by atoms with E-state index in [1.807, 2.05) is 45.0 Å². The highest BCUT2D eigenvalue weighted by atomic mass is 16.5. The molecule has 5 nitrogen and oxygen atoms in total. The smallest absolute Gasteiger partial charge is 0.338 e. The minimum atomic E-state index is -0.318. The summed E-state index contributed by atoms with van der Waals surface area (Å²) in [6, 6.07) is 7.77. The molecule has 0 atom stereocenters. The van der Waals surface area contributed by atoms with Gasteiger partial charge in [-0.25, -0.2) is 4.79 Å². The summed E-state index contributed by atoms with van der Waals surface area (Å²) in [5.74, 6) is 0.255. The predicted molar refractivity (Wildman–Crippen MR) is 89.5 cm³/mol. The van der Waals surface area contributed by atoms with Crippen LogP contribution in [0, 0.1) is 0 Å². The first-order valence-corrected chi connectivity index (χ1v) is 7.88. The lowest BCUT2D eigenvalue weighted by Gasteiger charge is -2.24. The van der Waals surface area contributed by atoms with Gasteiger partial charge < -0.3 is 14.8 Å². The number of methoxy groups -OCH3 is 1. The van der Waals surface area contributed by atoms with Crippen molar-refractivity contribution in [2.75, 3.05) is 20.2 Å². The van der Waals surface area contributed by atoms with Crippen molar-refractivity contribution in [3.05, 3.63) is 35.4 Å². The average molecular weight is 321 g/mol. The summed E-state index contributed by atoms with van der Waals surface area (Å²) in [6.07, 6.45) is 2.18. The maximum atomic E-state index is 11.6. The largest absolute Gasteiger partial charge is 0.465 e. The third-order valence-corrected chi connectivity index (χ3v) is 3.55. The Hall–Kier alpha value is -1.88. The first-order chi connectivity index (χ1) is 10.9. The van der Waals surface area contributed by atoms with Crippen molar-refractivity contribution in [2.45, 2.75) is 45.1 Å². The standard InChI is InChI=1S/C13H17NO2.C5H10O2/c1-16-13(15)12-5-3-2-4-11(12)10-6-8-14-9-7-10;1-5(2,3)7-4-6/h2-5,10,14H,6-9H2,1H3;4H,1-3H3. The number of benzene rings is 1. The van der Waals surface area contributed by atoms with Gasteiger partial charge in [-0.1, -0.05) is 18.2 Å². The summed E-state index contributed by atoms with van der Waals surface area (Å²) in [5.41, 5.74) is 1.54. The van der Waals surface area contributed by atoms with E-state index < -0.39 is 0 Å². The molecule has 2 rings (SSSR count). The number of esters is 1. The number of carbonyl (C=O) groups excluding carboxylic acids is 2. The lowest BCUT2D eigenvalue weighted by atomic mass is 9.87. The van der Waals surface area contributed by atoms with Crippen LogP contribution in [0.1, 0.15) is 55.5 Å². The molecule has 1 aromatic rings. The predicted octanol–water partition coefficient (Wildman–Crippen LogP) is 2.90. The first-order valence-electron chi connectivity index (χ1n) is 7.88. The lowest BCUT2D eigenvalue weighted by Crippen LogP contribution is -2.27. The van der Waals surface area contributed by atoms with Crippen molar-refractivity contribution in [3.8, 4) is 0 Å². The van der Waals surface area contributed by atoms with Crippen LogP contribution in [0.5, 0.6) is 0 Å². The molecule has 0 bridgehead atoms. The summed E-state index contributed by atoms with van der Waals surface area (Å²) in [6.45, 7) is 7.98. The summed E-state index contributed by atoms with van der Waals surface area (Å²) in [5, 5.41) is 3.33. The van der Waals surface area contributed by atoms with Crippen molar-refractivity contribution >= 4 is 12.4 Å². The Morgan fingerprint density at radius 2 is 1.83 bits per heavy atom. The molecular weight excluding hydrogens is 294 g/mol. The van der Waals surface area contributed by atoms with Gasteiger partial charge in [0.2, 0.25) is 0 Å². The van der Waals surface area contributed by atoms with Crippen LogP contribution >= 0.6 is 0 Å². The number of hydrogen-bond acceptors (Lipinski definition) is 5. The molecule has 1 saturated heterocycles. The average Bonchev–Trinajstić information content (AvgIpc) is 2.54.